The Labute approximate surface area is 157 Å². The standard InChI is InChI=1S/C20H14F2N2O4/c21-12-4-5-14(16(22)10-12)19(28)15-6-7-17(25)24(20(15)23)13-3-1-2-11(8-13)9-18(26)27/h1-8,10H,9,23H2,(H,26,27). The van der Waals surface area contributed by atoms with Crippen molar-refractivity contribution in [1.82, 2.24) is 4.57 Å². The highest BCUT2D eigenvalue weighted by Crippen LogP contribution is 2.21. The first-order valence-electron chi connectivity index (χ1n) is 8.10. The number of benzene rings is 2. The van der Waals surface area contributed by atoms with E-state index >= 15 is 0 Å². The minimum Gasteiger partial charge on any atom is -0.481 e. The summed E-state index contributed by atoms with van der Waals surface area (Å²) < 4.78 is 28.1. The summed E-state index contributed by atoms with van der Waals surface area (Å²) >= 11 is 0. The van der Waals surface area contributed by atoms with E-state index in [4.69, 9.17) is 10.8 Å². The van der Waals surface area contributed by atoms with Crippen LogP contribution in [-0.2, 0) is 11.2 Å². The number of carboxylic acids is 1. The second-order valence-corrected chi connectivity index (χ2v) is 6.00. The molecule has 0 spiro atoms. The average molecular weight is 384 g/mol. The molecule has 2 aromatic carbocycles. The van der Waals surface area contributed by atoms with Crippen molar-refractivity contribution in [3.8, 4) is 5.69 Å². The number of carbonyl (C=O) groups is 2. The summed E-state index contributed by atoms with van der Waals surface area (Å²) in [6.45, 7) is 0. The minimum atomic E-state index is -1.05. The number of hydrogen-bond donors (Lipinski definition) is 2. The van der Waals surface area contributed by atoms with Gasteiger partial charge in [0.1, 0.15) is 17.5 Å². The van der Waals surface area contributed by atoms with Gasteiger partial charge in [-0.15, -0.1) is 0 Å². The molecule has 28 heavy (non-hydrogen) atoms. The van der Waals surface area contributed by atoms with Gasteiger partial charge >= 0.3 is 5.97 Å². The quantitative estimate of drug-likeness (QED) is 0.658. The van der Waals surface area contributed by atoms with Gasteiger partial charge in [-0.25, -0.2) is 8.78 Å². The maximum absolute atomic E-state index is 14.0. The maximum Gasteiger partial charge on any atom is 0.307 e. The van der Waals surface area contributed by atoms with Crippen molar-refractivity contribution in [2.24, 2.45) is 0 Å². The highest BCUT2D eigenvalue weighted by Gasteiger charge is 2.20. The molecule has 0 bridgehead atoms. The van der Waals surface area contributed by atoms with Crippen LogP contribution < -0.4 is 11.3 Å². The Balaban J connectivity index is 2.12. The Morgan fingerprint density at radius 3 is 2.39 bits per heavy atom. The smallest absolute Gasteiger partial charge is 0.307 e. The van der Waals surface area contributed by atoms with Crippen molar-refractivity contribution in [3.05, 3.63) is 93.3 Å². The largest absolute Gasteiger partial charge is 0.481 e. The average Bonchev–Trinajstić information content (AvgIpc) is 2.61. The van der Waals surface area contributed by atoms with Crippen LogP contribution in [0.1, 0.15) is 21.5 Å². The molecule has 1 aromatic heterocycles. The number of aromatic nitrogens is 1. The van der Waals surface area contributed by atoms with Gasteiger partial charge in [0.2, 0.25) is 0 Å². The molecule has 0 amide bonds. The Morgan fingerprint density at radius 2 is 1.71 bits per heavy atom. The van der Waals surface area contributed by atoms with Crippen molar-refractivity contribution in [1.29, 1.82) is 0 Å². The molecule has 0 aliphatic heterocycles. The lowest BCUT2D eigenvalue weighted by molar-refractivity contribution is -0.136. The van der Waals surface area contributed by atoms with Gasteiger partial charge in [0.25, 0.3) is 5.56 Å². The van der Waals surface area contributed by atoms with E-state index in [0.717, 1.165) is 22.8 Å². The molecule has 3 aromatic rings. The zero-order valence-electron chi connectivity index (χ0n) is 14.4. The third-order valence-electron chi connectivity index (χ3n) is 4.07. The maximum atomic E-state index is 14.0. The molecule has 8 heteroatoms. The van der Waals surface area contributed by atoms with E-state index in [2.05, 4.69) is 0 Å². The molecule has 0 aliphatic carbocycles. The van der Waals surface area contributed by atoms with Gasteiger partial charge in [-0.1, -0.05) is 12.1 Å². The van der Waals surface area contributed by atoms with E-state index in [-0.39, 0.29) is 23.5 Å². The molecule has 0 fully saturated rings. The number of carbonyl (C=O) groups excluding carboxylic acids is 1. The topological polar surface area (TPSA) is 102 Å². The van der Waals surface area contributed by atoms with Crippen LogP contribution in [0.25, 0.3) is 5.69 Å². The van der Waals surface area contributed by atoms with Crippen LogP contribution in [0.2, 0.25) is 0 Å². The lowest BCUT2D eigenvalue weighted by atomic mass is 10.0. The first-order chi connectivity index (χ1) is 13.3. The lowest BCUT2D eigenvalue weighted by Gasteiger charge is -2.14. The Kier molecular flexibility index (Phi) is 5.04. The molecule has 0 aliphatic rings. The van der Waals surface area contributed by atoms with Crippen LogP contribution >= 0.6 is 0 Å². The van der Waals surface area contributed by atoms with Crippen molar-refractivity contribution in [2.45, 2.75) is 6.42 Å². The summed E-state index contributed by atoms with van der Waals surface area (Å²) in [6, 6.07) is 10.9. The zero-order valence-corrected chi connectivity index (χ0v) is 14.4. The van der Waals surface area contributed by atoms with Crippen LogP contribution in [0, 0.1) is 11.6 Å². The summed E-state index contributed by atoms with van der Waals surface area (Å²) in [4.78, 5) is 35.9. The van der Waals surface area contributed by atoms with E-state index in [0.29, 0.717) is 11.6 Å². The SMILES string of the molecule is Nc1c(C(=O)c2ccc(F)cc2F)ccc(=O)n1-c1cccc(CC(=O)O)c1. The molecule has 3 N–H and O–H groups in total. The lowest BCUT2D eigenvalue weighted by Crippen LogP contribution is -2.24. The van der Waals surface area contributed by atoms with Crippen LogP contribution in [0.5, 0.6) is 0 Å². The Hall–Kier alpha value is -3.81. The number of hydrogen-bond acceptors (Lipinski definition) is 4. The van der Waals surface area contributed by atoms with E-state index in [9.17, 15) is 23.2 Å². The zero-order chi connectivity index (χ0) is 20.4. The number of ketones is 1. The van der Waals surface area contributed by atoms with Crippen molar-refractivity contribution < 1.29 is 23.5 Å². The van der Waals surface area contributed by atoms with Crippen LogP contribution in [0.3, 0.4) is 0 Å². The van der Waals surface area contributed by atoms with Gasteiger partial charge in [-0.05, 0) is 35.9 Å². The van der Waals surface area contributed by atoms with E-state index in [1.165, 1.54) is 18.2 Å². The molecular weight excluding hydrogens is 370 g/mol. The first-order valence-corrected chi connectivity index (χ1v) is 8.10. The van der Waals surface area contributed by atoms with E-state index in [1.54, 1.807) is 12.1 Å². The van der Waals surface area contributed by atoms with Gasteiger partial charge in [-0.3, -0.25) is 19.0 Å². The van der Waals surface area contributed by atoms with E-state index in [1.807, 2.05) is 0 Å². The molecule has 0 unspecified atom stereocenters. The number of nitrogen functional groups attached to an aromatic ring is 1. The summed E-state index contributed by atoms with van der Waals surface area (Å²) in [5.41, 5.74) is 5.61. The fraction of sp³-hybridized carbons (Fsp3) is 0.0500. The number of anilines is 1. The summed E-state index contributed by atoms with van der Waals surface area (Å²) in [7, 11) is 0. The number of halogens is 2. The number of nitrogens with zero attached hydrogens (tertiary/aromatic N) is 1. The van der Waals surface area contributed by atoms with Crippen LogP contribution in [0.15, 0.2) is 59.4 Å². The highest BCUT2D eigenvalue weighted by molar-refractivity contribution is 6.11. The number of carboxylic acid groups (broad SMARTS) is 1. The number of pyridine rings is 1. The monoisotopic (exact) mass is 384 g/mol. The molecule has 3 rings (SSSR count). The van der Waals surface area contributed by atoms with Gasteiger partial charge < -0.3 is 10.8 Å². The second-order valence-electron chi connectivity index (χ2n) is 6.00. The van der Waals surface area contributed by atoms with Crippen molar-refractivity contribution in [3.63, 3.8) is 0 Å². The molecular formula is C20H14F2N2O4. The predicted molar refractivity (Wildman–Crippen MR) is 97.6 cm³/mol. The molecule has 6 nitrogen and oxygen atoms in total. The molecule has 0 radical (unpaired) electrons. The fourth-order valence-electron chi connectivity index (χ4n) is 2.81. The molecule has 142 valence electrons. The van der Waals surface area contributed by atoms with Crippen LogP contribution in [-0.4, -0.2) is 21.4 Å². The third-order valence-corrected chi connectivity index (χ3v) is 4.07. The summed E-state index contributed by atoms with van der Waals surface area (Å²) in [5, 5.41) is 8.93. The Morgan fingerprint density at radius 1 is 1.00 bits per heavy atom. The summed E-state index contributed by atoms with van der Waals surface area (Å²) in [5.74, 6) is -3.99. The summed E-state index contributed by atoms with van der Waals surface area (Å²) in [6.07, 6.45) is -0.262. The van der Waals surface area contributed by atoms with Gasteiger partial charge in [0.05, 0.1) is 23.2 Å². The predicted octanol–water partition coefficient (Wildman–Crippen LogP) is 2.56. The molecule has 1 heterocycles. The third kappa shape index (κ3) is 3.66. The number of aliphatic carboxylic acids is 1. The number of nitrogens with two attached hydrogens (primary N) is 1. The number of rotatable bonds is 5. The van der Waals surface area contributed by atoms with Gasteiger partial charge in [0, 0.05) is 12.1 Å². The fourth-order valence-corrected chi connectivity index (χ4v) is 2.81. The van der Waals surface area contributed by atoms with Crippen molar-refractivity contribution in [2.75, 3.05) is 5.73 Å². The highest BCUT2D eigenvalue weighted by atomic mass is 19.1. The van der Waals surface area contributed by atoms with E-state index < -0.39 is 34.5 Å². The minimum absolute atomic E-state index is 0.145. The van der Waals surface area contributed by atoms with Crippen molar-refractivity contribution >= 4 is 17.6 Å². The molecule has 0 saturated carbocycles. The normalized spacial score (nSPS) is 10.6. The van der Waals surface area contributed by atoms with Gasteiger partial charge in [0.15, 0.2) is 5.78 Å². The first kappa shape index (κ1) is 19.0. The molecule has 0 atom stereocenters. The van der Waals surface area contributed by atoms with Crippen LogP contribution in [0.4, 0.5) is 14.6 Å². The molecule has 0 saturated heterocycles. The van der Waals surface area contributed by atoms with Gasteiger partial charge in [-0.2, -0.15) is 0 Å². The second kappa shape index (κ2) is 7.43. The Bertz CT molecular complexity index is 1160.